The zero-order chi connectivity index (χ0) is 40.1. The lowest BCUT2D eigenvalue weighted by Crippen LogP contribution is -2.35. The maximum Gasteiger partial charge on any atom is 0.414 e. The number of carbonyl (C=O) groups excluding carboxylic acids is 1. The number of phenolic OH excluding ortho intramolecular Hbond substituents is 1. The number of aliphatic hydroxyl groups excluding tert-OH is 1. The number of fused-ring (bicyclic) bond motifs is 1. The maximum absolute atomic E-state index is 14.2. The summed E-state index contributed by atoms with van der Waals surface area (Å²) in [6, 6.07) is 18.9. The van der Waals surface area contributed by atoms with Gasteiger partial charge in [-0.15, -0.1) is 11.3 Å². The van der Waals surface area contributed by atoms with Crippen molar-refractivity contribution < 1.29 is 68.8 Å². The van der Waals surface area contributed by atoms with E-state index in [-0.39, 0.29) is 24.2 Å². The fourth-order valence-corrected chi connectivity index (χ4v) is 7.29. The quantitative estimate of drug-likeness (QED) is 0.0943. The number of aromatic hydroxyl groups is 1. The van der Waals surface area contributed by atoms with Crippen LogP contribution in [0, 0.1) is 0 Å². The van der Waals surface area contributed by atoms with Gasteiger partial charge in [0, 0.05) is 63.9 Å². The van der Waals surface area contributed by atoms with Gasteiger partial charge < -0.3 is 44.8 Å². The molecule has 2 fully saturated rings. The molecule has 16 nitrogen and oxygen atoms in total. The minimum atomic E-state index is -1.82. The van der Waals surface area contributed by atoms with Crippen molar-refractivity contribution in [3.8, 4) is 27.7 Å². The number of aliphatic carboxylic acids is 4. The van der Waals surface area contributed by atoms with E-state index in [9.17, 15) is 15.0 Å². The predicted octanol–water partition coefficient (Wildman–Crippen LogP) is 3.49. The number of carboxylic acid groups (broad SMARTS) is 4. The summed E-state index contributed by atoms with van der Waals surface area (Å²) < 4.78 is 18.1. The van der Waals surface area contributed by atoms with Crippen LogP contribution in [0.15, 0.2) is 60.7 Å². The summed E-state index contributed by atoms with van der Waals surface area (Å²) in [5, 5.41) is 50.1. The predicted molar refractivity (Wildman–Crippen MR) is 199 cm³/mol. The van der Waals surface area contributed by atoms with Crippen molar-refractivity contribution in [1.29, 1.82) is 0 Å². The molecule has 0 unspecified atom stereocenters. The minimum absolute atomic E-state index is 0.0902. The molecule has 3 heterocycles. The molecule has 55 heavy (non-hydrogen) atoms. The highest BCUT2D eigenvalue weighted by molar-refractivity contribution is 7.22. The lowest BCUT2D eigenvalue weighted by atomic mass is 9.96. The van der Waals surface area contributed by atoms with Crippen molar-refractivity contribution in [2.24, 2.45) is 0 Å². The Morgan fingerprint density at radius 2 is 1.51 bits per heavy atom. The number of carboxylic acids is 4. The van der Waals surface area contributed by atoms with Crippen LogP contribution in [0.25, 0.3) is 20.5 Å². The van der Waals surface area contributed by atoms with Gasteiger partial charge >= 0.3 is 23.9 Å². The summed E-state index contributed by atoms with van der Waals surface area (Å²) in [6.45, 7) is 6.42. The van der Waals surface area contributed by atoms with E-state index in [0.29, 0.717) is 23.5 Å². The zero-order valence-corrected chi connectivity index (χ0v) is 30.7. The number of hydrogen-bond donors (Lipinski definition) is 6. The molecule has 0 radical (unpaired) electrons. The number of ether oxygens (including phenoxy) is 3. The average Bonchev–Trinajstić information content (AvgIpc) is 3.80. The molecule has 4 aromatic rings. The molecule has 6 N–H and O–H groups in total. The Labute approximate surface area is 319 Å². The van der Waals surface area contributed by atoms with E-state index in [2.05, 4.69) is 9.80 Å². The molecule has 0 amide bonds. The molecule has 0 saturated carbocycles. The van der Waals surface area contributed by atoms with Crippen molar-refractivity contribution in [3.63, 3.8) is 0 Å². The third-order valence-electron chi connectivity index (χ3n) is 8.79. The lowest BCUT2D eigenvalue weighted by molar-refractivity contribution is -0.159. The number of nitrogens with zero attached hydrogens (tertiary/aromatic N) is 2. The van der Waals surface area contributed by atoms with Gasteiger partial charge in [0.05, 0.1) is 26.9 Å². The standard InChI is InChI=1S/C34H38N2O6S.2C2H2O4/c1-40-30-19-24(4-5-25(30)21-35-13-16-41-17-14-35)33(39)32-29-11-8-27(38)20-31(29)43-34(32)23-6-9-28(10-7-23)42-18-15-36-12-2-3-26(36)22-37;2*3-1(4)2(5)6/h4-11,19-20,26,37-38H,2-3,12-18,21-22H2,1H3;2*(H,3,4)(H,5,6)/t26-;;/m0../s1. The van der Waals surface area contributed by atoms with Gasteiger partial charge in [-0.3, -0.25) is 14.6 Å². The van der Waals surface area contributed by atoms with E-state index in [0.717, 1.165) is 90.6 Å². The first-order valence-electron chi connectivity index (χ1n) is 17.1. The maximum atomic E-state index is 14.2. The van der Waals surface area contributed by atoms with Crippen LogP contribution in [-0.4, -0.2) is 136 Å². The molecule has 17 heteroatoms. The zero-order valence-electron chi connectivity index (χ0n) is 29.9. The number of likely N-dealkylation sites (tertiary alicyclic amines) is 1. The van der Waals surface area contributed by atoms with Crippen molar-refractivity contribution in [1.82, 2.24) is 9.80 Å². The second-order valence-electron chi connectivity index (χ2n) is 12.3. The van der Waals surface area contributed by atoms with Crippen LogP contribution in [0.2, 0.25) is 0 Å². The van der Waals surface area contributed by atoms with Crippen molar-refractivity contribution in [2.75, 3.05) is 59.7 Å². The number of methoxy groups -OCH3 is 1. The molecule has 1 aromatic heterocycles. The number of carbonyl (C=O) groups is 5. The summed E-state index contributed by atoms with van der Waals surface area (Å²) in [7, 11) is 1.64. The molecular formula is C38H42N2O14S. The third-order valence-corrected chi connectivity index (χ3v) is 9.99. The number of hydrogen-bond acceptors (Lipinski definition) is 13. The van der Waals surface area contributed by atoms with Crippen molar-refractivity contribution >= 4 is 51.1 Å². The highest BCUT2D eigenvalue weighted by Crippen LogP contribution is 2.42. The molecular weight excluding hydrogens is 740 g/mol. The monoisotopic (exact) mass is 782 g/mol. The van der Waals surface area contributed by atoms with Crippen LogP contribution in [-0.2, 0) is 30.5 Å². The summed E-state index contributed by atoms with van der Waals surface area (Å²) in [5.41, 5.74) is 3.11. The van der Waals surface area contributed by atoms with Crippen LogP contribution >= 0.6 is 11.3 Å². The highest BCUT2D eigenvalue weighted by Gasteiger charge is 2.25. The first-order valence-corrected chi connectivity index (χ1v) is 17.9. The molecule has 2 aliphatic heterocycles. The van der Waals surface area contributed by atoms with Crippen molar-refractivity contribution in [2.45, 2.75) is 25.4 Å². The number of aliphatic hydroxyl groups is 1. The van der Waals surface area contributed by atoms with E-state index >= 15 is 0 Å². The number of thiophene rings is 1. The molecule has 0 bridgehead atoms. The number of phenols is 1. The van der Waals surface area contributed by atoms with Gasteiger partial charge in [-0.1, -0.05) is 12.1 Å². The Morgan fingerprint density at radius 1 is 0.855 bits per heavy atom. The molecule has 2 aliphatic rings. The van der Waals surface area contributed by atoms with Gasteiger partial charge in [-0.25, -0.2) is 19.2 Å². The van der Waals surface area contributed by atoms with Gasteiger partial charge in [0.25, 0.3) is 0 Å². The number of morpholine rings is 1. The molecule has 2 saturated heterocycles. The molecule has 1 atom stereocenters. The Morgan fingerprint density at radius 3 is 2.11 bits per heavy atom. The summed E-state index contributed by atoms with van der Waals surface area (Å²) >= 11 is 1.49. The first kappa shape index (κ1) is 42.2. The van der Waals surface area contributed by atoms with Crippen LogP contribution in [0.3, 0.4) is 0 Å². The fourth-order valence-electron chi connectivity index (χ4n) is 6.05. The highest BCUT2D eigenvalue weighted by atomic mass is 32.1. The molecule has 6 rings (SSSR count). The summed E-state index contributed by atoms with van der Waals surface area (Å²) in [5.74, 6) is -5.77. The van der Waals surface area contributed by atoms with Crippen molar-refractivity contribution in [3.05, 3.63) is 77.4 Å². The average molecular weight is 783 g/mol. The first-order chi connectivity index (χ1) is 26.3. The number of rotatable bonds is 11. The van der Waals surface area contributed by atoms with E-state index in [1.54, 1.807) is 19.2 Å². The van der Waals surface area contributed by atoms with Gasteiger partial charge in [-0.05, 0) is 73.5 Å². The van der Waals surface area contributed by atoms with E-state index in [1.165, 1.54) is 11.3 Å². The molecule has 0 spiro atoms. The molecule has 294 valence electrons. The Bertz CT molecular complexity index is 1930. The normalized spacial score (nSPS) is 15.6. The minimum Gasteiger partial charge on any atom is -0.508 e. The second-order valence-corrected chi connectivity index (χ2v) is 13.4. The van der Waals surface area contributed by atoms with Gasteiger partial charge in [0.15, 0.2) is 5.78 Å². The Hall–Kier alpha value is -5.59. The third kappa shape index (κ3) is 11.7. The van der Waals surface area contributed by atoms with Gasteiger partial charge in [-0.2, -0.15) is 0 Å². The van der Waals surface area contributed by atoms with Crippen LogP contribution < -0.4 is 9.47 Å². The summed E-state index contributed by atoms with van der Waals surface area (Å²) in [6.07, 6.45) is 2.14. The number of ketones is 1. The van der Waals surface area contributed by atoms with Crippen LogP contribution in [0.4, 0.5) is 0 Å². The van der Waals surface area contributed by atoms with Gasteiger partial charge in [0.2, 0.25) is 0 Å². The topological polar surface area (TPSA) is 241 Å². The van der Waals surface area contributed by atoms with E-state index in [1.807, 2.05) is 48.5 Å². The van der Waals surface area contributed by atoms with Crippen LogP contribution in [0.5, 0.6) is 17.2 Å². The van der Waals surface area contributed by atoms with Crippen LogP contribution in [0.1, 0.15) is 34.3 Å². The molecule has 3 aromatic carbocycles. The Kier molecular flexibility index (Phi) is 15.5. The second kappa shape index (κ2) is 20.2. The summed E-state index contributed by atoms with van der Waals surface area (Å²) in [4.78, 5) is 56.0. The largest absolute Gasteiger partial charge is 0.508 e. The lowest BCUT2D eigenvalue weighted by Gasteiger charge is -2.27. The Balaban J connectivity index is 0.000000488. The smallest absolute Gasteiger partial charge is 0.414 e. The fraction of sp³-hybridized carbons (Fsp3) is 0.342. The van der Waals surface area contributed by atoms with E-state index in [4.69, 9.17) is 53.8 Å². The van der Waals surface area contributed by atoms with Gasteiger partial charge in [0.1, 0.15) is 23.9 Å². The molecule has 0 aliphatic carbocycles. The number of benzene rings is 3. The SMILES string of the molecule is COc1cc(C(=O)c2c(-c3ccc(OCCN4CCC[C@H]4CO)cc3)sc3cc(O)ccc23)ccc1CN1CCOCC1.O=C(O)C(=O)O.O=C(O)C(=O)O. The van der Waals surface area contributed by atoms with E-state index < -0.39 is 23.9 Å².